The number of unbranched alkanes of at least 4 members (excludes halogenated alkanes) is 35. The second kappa shape index (κ2) is 63.5. The predicted octanol–water partition coefficient (Wildman–Crippen LogP) is 21.3. The van der Waals surface area contributed by atoms with E-state index in [2.05, 4.69) is 55.4 Å². The van der Waals surface area contributed by atoms with E-state index in [4.69, 9.17) is 37.0 Å². The Kier molecular flexibility index (Phi) is 62.2. The van der Waals surface area contributed by atoms with Gasteiger partial charge in [-0.1, -0.05) is 319 Å². The van der Waals surface area contributed by atoms with E-state index in [0.717, 1.165) is 126 Å². The maximum absolute atomic E-state index is 13.0. The lowest BCUT2D eigenvalue weighted by atomic mass is 10.00. The molecule has 4 unspecified atom stereocenters. The van der Waals surface area contributed by atoms with Gasteiger partial charge in [0.2, 0.25) is 0 Å². The Morgan fingerprint density at radius 2 is 0.516 bits per heavy atom. The van der Waals surface area contributed by atoms with Gasteiger partial charge in [-0.2, -0.15) is 0 Å². The van der Waals surface area contributed by atoms with E-state index in [0.29, 0.717) is 25.7 Å². The van der Waals surface area contributed by atoms with E-state index in [9.17, 15) is 43.2 Å². The summed E-state index contributed by atoms with van der Waals surface area (Å²) in [6.07, 6.45) is 47.2. The second-order valence-corrected chi connectivity index (χ2v) is 31.0. The number of esters is 4. The zero-order valence-corrected chi connectivity index (χ0v) is 62.7. The first-order valence-corrected chi connectivity index (χ1v) is 41.3. The van der Waals surface area contributed by atoms with Crippen molar-refractivity contribution in [1.29, 1.82) is 0 Å². The van der Waals surface area contributed by atoms with Crippen molar-refractivity contribution in [3.8, 4) is 0 Å². The number of hydrogen-bond donors (Lipinski definition) is 3. The van der Waals surface area contributed by atoms with Crippen LogP contribution >= 0.6 is 15.6 Å². The number of aliphatic hydroxyl groups excluding tert-OH is 1. The number of carbonyl (C=O) groups excluding carboxylic acids is 4. The Hall–Kier alpha value is -1.94. The Balaban J connectivity index is 5.23. The molecule has 0 aliphatic heterocycles. The van der Waals surface area contributed by atoms with E-state index < -0.39 is 97.5 Å². The molecule has 0 aliphatic carbocycles. The zero-order chi connectivity index (χ0) is 68.9. The van der Waals surface area contributed by atoms with Gasteiger partial charge in [0.1, 0.15) is 19.3 Å². The van der Waals surface area contributed by atoms with Crippen molar-refractivity contribution in [1.82, 2.24) is 0 Å². The van der Waals surface area contributed by atoms with Crippen LogP contribution in [0.5, 0.6) is 0 Å². The molecule has 0 rings (SSSR count). The van der Waals surface area contributed by atoms with Crippen LogP contribution in [0, 0.1) is 23.7 Å². The summed E-state index contributed by atoms with van der Waals surface area (Å²) >= 11 is 0. The average Bonchev–Trinajstić information content (AvgIpc) is 2.83. The van der Waals surface area contributed by atoms with Gasteiger partial charge in [0.05, 0.1) is 26.4 Å². The third-order valence-electron chi connectivity index (χ3n) is 17.8. The van der Waals surface area contributed by atoms with Gasteiger partial charge >= 0.3 is 39.5 Å². The van der Waals surface area contributed by atoms with Crippen LogP contribution in [0.3, 0.4) is 0 Å². The first kappa shape index (κ1) is 91.1. The fourth-order valence-corrected chi connectivity index (χ4v) is 12.7. The number of carbonyl (C=O) groups is 4. The highest BCUT2D eigenvalue weighted by molar-refractivity contribution is 7.47. The van der Waals surface area contributed by atoms with Crippen molar-refractivity contribution >= 4 is 39.5 Å². The minimum atomic E-state index is -4.96. The molecule has 0 saturated carbocycles. The van der Waals surface area contributed by atoms with E-state index in [1.165, 1.54) is 161 Å². The Labute approximate surface area is 568 Å². The van der Waals surface area contributed by atoms with Gasteiger partial charge in [-0.3, -0.25) is 37.3 Å². The molecule has 0 spiro atoms. The van der Waals surface area contributed by atoms with Gasteiger partial charge < -0.3 is 33.8 Å². The van der Waals surface area contributed by atoms with Crippen molar-refractivity contribution in [3.63, 3.8) is 0 Å². The van der Waals surface area contributed by atoms with Crippen LogP contribution < -0.4 is 0 Å². The van der Waals surface area contributed by atoms with Gasteiger partial charge in [-0.15, -0.1) is 0 Å². The topological polar surface area (TPSA) is 237 Å². The van der Waals surface area contributed by atoms with Crippen LogP contribution in [0.2, 0.25) is 0 Å². The molecule has 19 heteroatoms. The number of hydrogen-bond acceptors (Lipinski definition) is 15. The van der Waals surface area contributed by atoms with Crippen molar-refractivity contribution in [2.45, 2.75) is 388 Å². The number of rotatable bonds is 71. The molecule has 0 aromatic rings. The molecule has 0 aromatic heterocycles. The summed E-state index contributed by atoms with van der Waals surface area (Å²) in [4.78, 5) is 72.7. The molecular weight excluding hydrogens is 1220 g/mol. The van der Waals surface area contributed by atoms with Crippen LogP contribution in [-0.2, 0) is 65.4 Å². The number of phosphoric ester groups is 2. The molecule has 0 bridgehead atoms. The lowest BCUT2D eigenvalue weighted by molar-refractivity contribution is -0.161. The second-order valence-electron chi connectivity index (χ2n) is 28.1. The third kappa shape index (κ3) is 65.8. The Bertz CT molecular complexity index is 1840. The highest BCUT2D eigenvalue weighted by Gasteiger charge is 2.30. The van der Waals surface area contributed by atoms with E-state index in [1.54, 1.807) is 0 Å². The van der Waals surface area contributed by atoms with E-state index in [-0.39, 0.29) is 25.7 Å². The van der Waals surface area contributed by atoms with Crippen LogP contribution in [0.15, 0.2) is 0 Å². The highest BCUT2D eigenvalue weighted by atomic mass is 31.2. The maximum Gasteiger partial charge on any atom is 0.472 e. The molecule has 0 amide bonds. The van der Waals surface area contributed by atoms with Crippen LogP contribution in [0.4, 0.5) is 0 Å². The minimum Gasteiger partial charge on any atom is -0.462 e. The van der Waals surface area contributed by atoms with Gasteiger partial charge in [0.25, 0.3) is 0 Å². The first-order valence-electron chi connectivity index (χ1n) is 38.3. The number of ether oxygens (including phenoxy) is 4. The maximum atomic E-state index is 13.0. The minimum absolute atomic E-state index is 0.106. The number of aliphatic hydroxyl groups is 1. The van der Waals surface area contributed by atoms with E-state index >= 15 is 0 Å². The molecular formula is C74H144O17P2. The summed E-state index contributed by atoms with van der Waals surface area (Å²) in [7, 11) is -9.91. The van der Waals surface area contributed by atoms with Gasteiger partial charge in [0, 0.05) is 25.7 Å². The molecule has 0 aromatic carbocycles. The lowest BCUT2D eigenvalue weighted by Crippen LogP contribution is -2.30. The lowest BCUT2D eigenvalue weighted by Gasteiger charge is -2.21. The van der Waals surface area contributed by atoms with Gasteiger partial charge in [-0.05, 0) is 49.4 Å². The first-order chi connectivity index (χ1) is 44.7. The van der Waals surface area contributed by atoms with Crippen LogP contribution in [-0.4, -0.2) is 96.7 Å². The summed E-state index contributed by atoms with van der Waals surface area (Å²) in [5.74, 6) is 0.918. The molecule has 0 aliphatic rings. The number of phosphoric acid groups is 2. The SMILES string of the molecule is CCC(C)CCCCCCCCC(=O)OC[C@H](COP(=O)(O)OC[C@H](O)COP(=O)(O)OC[C@@H](COC(=O)CCCCCCCCC(C)CC)OC(=O)CCCCCCCCCCCCCCCC(C)C)OC(=O)CCCCCCCCCCCCCCCCC(C)C. The molecule has 7 atom stereocenters. The molecule has 552 valence electrons. The van der Waals surface area contributed by atoms with Crippen LogP contribution in [0.25, 0.3) is 0 Å². The summed E-state index contributed by atoms with van der Waals surface area (Å²) in [6, 6.07) is 0. The Morgan fingerprint density at radius 3 is 0.763 bits per heavy atom. The molecule has 0 heterocycles. The summed E-state index contributed by atoms with van der Waals surface area (Å²) in [5.41, 5.74) is 0. The van der Waals surface area contributed by atoms with Gasteiger partial charge in [0.15, 0.2) is 12.2 Å². The third-order valence-corrected chi connectivity index (χ3v) is 19.7. The quantitative estimate of drug-likeness (QED) is 0.0222. The van der Waals surface area contributed by atoms with Gasteiger partial charge in [-0.25, -0.2) is 9.13 Å². The predicted molar refractivity (Wildman–Crippen MR) is 377 cm³/mol. The fourth-order valence-electron chi connectivity index (χ4n) is 11.1. The highest BCUT2D eigenvalue weighted by Crippen LogP contribution is 2.45. The molecule has 17 nitrogen and oxygen atoms in total. The average molecular weight is 1370 g/mol. The largest absolute Gasteiger partial charge is 0.472 e. The molecule has 0 radical (unpaired) electrons. The zero-order valence-electron chi connectivity index (χ0n) is 60.9. The standard InChI is InChI=1S/C74H144O17P2/c1-9-66(7)52-44-36-30-32-38-46-54-71(76)84-60-69(90-73(78)56-48-40-28-24-20-16-12-11-14-18-22-26-34-42-50-64(3)4)62-88-92(80,81)86-58-68(75)59-87-93(82,83)89-63-70(61-85-72(77)55-47-39-33-31-37-45-53-67(8)10-2)91-74(79)57-49-41-29-25-21-17-13-15-19-23-27-35-43-51-65(5)6/h64-70,75H,9-63H2,1-8H3,(H,80,81)(H,82,83)/t66?,67?,68-,69+,70+/m0/s1. The molecule has 3 N–H and O–H groups in total. The monoisotopic (exact) mass is 1370 g/mol. The summed E-state index contributed by atoms with van der Waals surface area (Å²) in [5, 5.41) is 10.6. The van der Waals surface area contributed by atoms with Crippen molar-refractivity contribution in [3.05, 3.63) is 0 Å². The molecule has 0 saturated heterocycles. The van der Waals surface area contributed by atoms with Crippen molar-refractivity contribution < 1.29 is 80.2 Å². The Morgan fingerprint density at radius 1 is 0.301 bits per heavy atom. The van der Waals surface area contributed by atoms with E-state index in [1.807, 2.05) is 0 Å². The van der Waals surface area contributed by atoms with Crippen LogP contribution in [0.1, 0.15) is 370 Å². The van der Waals surface area contributed by atoms with Crippen molar-refractivity contribution in [2.24, 2.45) is 23.7 Å². The van der Waals surface area contributed by atoms with Crippen molar-refractivity contribution in [2.75, 3.05) is 39.6 Å². The smallest absolute Gasteiger partial charge is 0.462 e. The summed E-state index contributed by atoms with van der Waals surface area (Å²) in [6.45, 7) is 14.1. The summed E-state index contributed by atoms with van der Waals surface area (Å²) < 4.78 is 68.4. The normalized spacial score (nSPS) is 14.8. The molecule has 93 heavy (non-hydrogen) atoms. The molecule has 0 fully saturated rings. The fraction of sp³-hybridized carbons (Fsp3) is 0.946.